The molecule has 1 nitrogen and oxygen atoms in total. The van der Waals surface area contributed by atoms with Gasteiger partial charge in [-0.3, -0.25) is 0 Å². The normalized spacial score (nSPS) is 17.0. The molecule has 6 aromatic carbocycles. The molecule has 264 valence electrons. The molecule has 0 unspecified atom stereocenters. The lowest BCUT2D eigenvalue weighted by Crippen LogP contribution is -2.17. The summed E-state index contributed by atoms with van der Waals surface area (Å²) in [6, 6.07) is 53.4. The number of fused-ring (bicyclic) bond motifs is 1. The molecule has 1 heteroatoms. The third-order valence-electron chi connectivity index (χ3n) is 11.2. The number of nitrogens with zero attached hydrogens (tertiary/aromatic N) is 1. The van der Waals surface area contributed by atoms with Gasteiger partial charge in [0.05, 0.1) is 0 Å². The molecule has 0 aromatic heterocycles. The predicted octanol–water partition coefficient (Wildman–Crippen LogP) is 15.1. The van der Waals surface area contributed by atoms with Crippen molar-refractivity contribution in [2.24, 2.45) is 0 Å². The van der Waals surface area contributed by atoms with Crippen LogP contribution in [0.2, 0.25) is 0 Å². The van der Waals surface area contributed by atoms with Gasteiger partial charge >= 0.3 is 0 Å². The van der Waals surface area contributed by atoms with E-state index in [0.29, 0.717) is 0 Å². The van der Waals surface area contributed by atoms with Gasteiger partial charge in [-0.15, -0.1) is 0 Å². The van der Waals surface area contributed by atoms with Crippen molar-refractivity contribution < 1.29 is 0 Å². The second-order valence-electron chi connectivity index (χ2n) is 14.8. The van der Waals surface area contributed by atoms with E-state index >= 15 is 0 Å². The van der Waals surface area contributed by atoms with Crippen molar-refractivity contribution in [1.29, 1.82) is 0 Å². The van der Waals surface area contributed by atoms with Gasteiger partial charge in [-0.05, 0) is 130 Å². The highest BCUT2D eigenvalue weighted by Gasteiger charge is 2.35. The largest absolute Gasteiger partial charge is 0.310 e. The molecule has 0 bridgehead atoms. The Morgan fingerprint density at radius 3 is 1.76 bits per heavy atom. The second kappa shape index (κ2) is 15.0. The highest BCUT2D eigenvalue weighted by Crippen LogP contribution is 2.49. The Balaban J connectivity index is 1.24. The van der Waals surface area contributed by atoms with Crippen molar-refractivity contribution in [1.82, 2.24) is 0 Å². The van der Waals surface area contributed by atoms with Crippen molar-refractivity contribution >= 4 is 28.2 Å². The second-order valence-corrected chi connectivity index (χ2v) is 14.8. The van der Waals surface area contributed by atoms with Crippen LogP contribution in [0.4, 0.5) is 17.1 Å². The molecule has 0 saturated heterocycles. The fourth-order valence-corrected chi connectivity index (χ4v) is 7.97. The lowest BCUT2D eigenvalue weighted by Gasteiger charge is -2.29. The van der Waals surface area contributed by atoms with Gasteiger partial charge in [-0.25, -0.2) is 0 Å². The molecule has 6 aromatic rings. The lowest BCUT2D eigenvalue weighted by atomic mass is 9.82. The Hall–Kier alpha value is -6.18. The third-order valence-corrected chi connectivity index (χ3v) is 11.2. The molecule has 0 heterocycles. The summed E-state index contributed by atoms with van der Waals surface area (Å²) in [5.41, 5.74) is 18.5. The summed E-state index contributed by atoms with van der Waals surface area (Å²) >= 11 is 0. The zero-order valence-electron chi connectivity index (χ0n) is 31.8. The van der Waals surface area contributed by atoms with Crippen LogP contribution < -0.4 is 4.90 Å². The summed E-state index contributed by atoms with van der Waals surface area (Å²) < 4.78 is 0. The van der Waals surface area contributed by atoms with Crippen molar-refractivity contribution in [2.75, 3.05) is 4.90 Å². The van der Waals surface area contributed by atoms with Crippen molar-refractivity contribution in [3.63, 3.8) is 0 Å². The molecule has 54 heavy (non-hydrogen) atoms. The maximum absolute atomic E-state index is 2.41. The van der Waals surface area contributed by atoms with Crippen LogP contribution in [-0.2, 0) is 5.41 Å². The van der Waals surface area contributed by atoms with E-state index < -0.39 is 0 Å². The summed E-state index contributed by atoms with van der Waals surface area (Å²) in [6.45, 7) is 9.10. The van der Waals surface area contributed by atoms with Crippen LogP contribution in [0.15, 0.2) is 194 Å². The van der Waals surface area contributed by atoms with Gasteiger partial charge in [0, 0.05) is 22.5 Å². The maximum Gasteiger partial charge on any atom is 0.0465 e. The molecule has 2 aliphatic rings. The van der Waals surface area contributed by atoms with E-state index in [1.807, 2.05) is 0 Å². The van der Waals surface area contributed by atoms with E-state index in [1.54, 1.807) is 0 Å². The van der Waals surface area contributed by atoms with E-state index in [2.05, 4.69) is 221 Å². The Morgan fingerprint density at radius 2 is 1.09 bits per heavy atom. The van der Waals surface area contributed by atoms with E-state index in [0.717, 1.165) is 29.9 Å². The molecule has 0 fully saturated rings. The number of benzene rings is 6. The summed E-state index contributed by atoms with van der Waals surface area (Å²) in [6.07, 6.45) is 17.8. The Kier molecular flexibility index (Phi) is 9.72. The predicted molar refractivity (Wildman–Crippen MR) is 233 cm³/mol. The molecule has 0 aliphatic heterocycles. The molecule has 2 aliphatic carbocycles. The fraction of sp³-hybridized carbons (Fsp3) is 0.132. The molecule has 0 radical (unpaired) electrons. The Morgan fingerprint density at radius 1 is 0.537 bits per heavy atom. The van der Waals surface area contributed by atoms with Crippen LogP contribution in [0.1, 0.15) is 57.2 Å². The average Bonchev–Trinajstić information content (AvgIpc) is 3.39. The first-order valence-electron chi connectivity index (χ1n) is 19.2. The first-order chi connectivity index (χ1) is 26.4. The highest BCUT2D eigenvalue weighted by atomic mass is 15.1. The van der Waals surface area contributed by atoms with Crippen molar-refractivity contribution in [2.45, 2.75) is 46.0 Å². The van der Waals surface area contributed by atoms with Gasteiger partial charge in [-0.2, -0.15) is 0 Å². The molecular weight excluding hydrogens is 651 g/mol. The van der Waals surface area contributed by atoms with E-state index in [4.69, 9.17) is 0 Å². The quantitative estimate of drug-likeness (QED) is 0.153. The van der Waals surface area contributed by atoms with Crippen LogP contribution in [-0.4, -0.2) is 0 Å². The van der Waals surface area contributed by atoms with Gasteiger partial charge in [0.15, 0.2) is 0 Å². The molecule has 0 amide bonds. The van der Waals surface area contributed by atoms with E-state index in [-0.39, 0.29) is 5.41 Å². The van der Waals surface area contributed by atoms with E-state index in [1.165, 1.54) is 66.8 Å². The zero-order chi connectivity index (χ0) is 37.1. The van der Waals surface area contributed by atoms with Crippen LogP contribution >= 0.6 is 0 Å². The molecule has 8 rings (SSSR count). The van der Waals surface area contributed by atoms with Gasteiger partial charge in [-0.1, -0.05) is 165 Å². The standard InChI is InChI=1S/C53H47N/c1-5-17-48-38(2)53(3,4)52-37-47(33-35-50(48)52)54(45-29-24-41(25-30-45)39-18-13-9-14-19-39)46-31-26-43(27-32-46)51-36-44(40-20-15-10-16-21-40)28-34-49(51)42-22-11-7-6-8-12-23-42/h5,7,9-37H,6,8H2,1-4H3/b11-7-,17-5-,23-12-,42-22+. The highest BCUT2D eigenvalue weighted by molar-refractivity contribution is 5.91. The first-order valence-corrected chi connectivity index (χ1v) is 19.2. The SMILES string of the molecule is C/C=C\C1=C(C)C(C)(C)c2cc(N(c3ccc(-c4ccccc4)cc3)c3ccc(-c4cc(-c5ccccc5)ccc4C4=C/C=C\CC/C=C\4)cc3)ccc21. The monoisotopic (exact) mass is 697 g/mol. The fourth-order valence-electron chi connectivity index (χ4n) is 7.97. The van der Waals surface area contributed by atoms with Gasteiger partial charge in [0.1, 0.15) is 0 Å². The smallest absolute Gasteiger partial charge is 0.0465 e. The van der Waals surface area contributed by atoms with Crippen molar-refractivity contribution in [3.05, 3.63) is 210 Å². The molecular formula is C53H47N. The van der Waals surface area contributed by atoms with Crippen LogP contribution in [0, 0.1) is 0 Å². The zero-order valence-corrected chi connectivity index (χ0v) is 31.8. The number of allylic oxidation sites excluding steroid dienone is 10. The van der Waals surface area contributed by atoms with Crippen LogP contribution in [0.3, 0.4) is 0 Å². The summed E-state index contributed by atoms with van der Waals surface area (Å²) in [5, 5.41) is 0. The van der Waals surface area contributed by atoms with E-state index in [9.17, 15) is 0 Å². The number of hydrogen-bond donors (Lipinski definition) is 0. The maximum atomic E-state index is 2.41. The van der Waals surface area contributed by atoms with Gasteiger partial charge in [0.2, 0.25) is 0 Å². The minimum atomic E-state index is -0.0671. The molecule has 0 atom stereocenters. The van der Waals surface area contributed by atoms with Crippen LogP contribution in [0.5, 0.6) is 0 Å². The van der Waals surface area contributed by atoms with Gasteiger partial charge in [0.25, 0.3) is 0 Å². The lowest BCUT2D eigenvalue weighted by molar-refractivity contribution is 0.639. The molecule has 0 spiro atoms. The number of hydrogen-bond acceptors (Lipinski definition) is 1. The van der Waals surface area contributed by atoms with Crippen molar-refractivity contribution in [3.8, 4) is 33.4 Å². The number of rotatable bonds is 8. The average molecular weight is 698 g/mol. The Bertz CT molecular complexity index is 2430. The third kappa shape index (κ3) is 6.74. The van der Waals surface area contributed by atoms with Crippen LogP contribution in [0.25, 0.3) is 44.5 Å². The molecule has 0 N–H and O–H groups in total. The summed E-state index contributed by atoms with van der Waals surface area (Å²) in [4.78, 5) is 2.41. The Labute approximate surface area is 321 Å². The van der Waals surface area contributed by atoms with Gasteiger partial charge < -0.3 is 4.90 Å². The summed E-state index contributed by atoms with van der Waals surface area (Å²) in [7, 11) is 0. The minimum absolute atomic E-state index is 0.0671. The topological polar surface area (TPSA) is 3.24 Å². The first kappa shape index (κ1) is 34.9. The summed E-state index contributed by atoms with van der Waals surface area (Å²) in [5.74, 6) is 0. The minimum Gasteiger partial charge on any atom is -0.310 e. The number of anilines is 3. The molecule has 0 saturated carbocycles.